The maximum absolute atomic E-state index is 13.3. The van der Waals surface area contributed by atoms with Gasteiger partial charge in [-0.25, -0.2) is 8.42 Å². The number of hydrogen-bond donors (Lipinski definition) is 1. The highest BCUT2D eigenvalue weighted by atomic mass is 32.2. The molecule has 4 rings (SSSR count). The number of amides is 1. The van der Waals surface area contributed by atoms with E-state index in [4.69, 9.17) is 4.74 Å². The minimum absolute atomic E-state index is 0.00833. The van der Waals surface area contributed by atoms with Gasteiger partial charge in [-0.2, -0.15) is 4.31 Å². The highest BCUT2D eigenvalue weighted by Crippen LogP contribution is 2.28. The lowest BCUT2D eigenvalue weighted by molar-refractivity contribution is 0.0795. The Bertz CT molecular complexity index is 1430. The van der Waals surface area contributed by atoms with E-state index in [0.29, 0.717) is 34.8 Å². The van der Waals surface area contributed by atoms with Crippen molar-refractivity contribution >= 4 is 33.1 Å². The summed E-state index contributed by atoms with van der Waals surface area (Å²) in [6.45, 7) is 5.66. The van der Waals surface area contributed by atoms with Crippen LogP contribution >= 0.6 is 11.3 Å². The normalized spacial score (nSPS) is 13.4. The monoisotopic (exact) mass is 556 g/mol. The zero-order valence-corrected chi connectivity index (χ0v) is 23.8. The van der Waals surface area contributed by atoms with Crippen LogP contribution in [-0.2, 0) is 23.0 Å². The summed E-state index contributed by atoms with van der Waals surface area (Å²) < 4.78 is 33.1. The van der Waals surface area contributed by atoms with Gasteiger partial charge in [-0.3, -0.25) is 9.79 Å². The van der Waals surface area contributed by atoms with Crippen LogP contribution in [0.2, 0.25) is 0 Å². The second kappa shape index (κ2) is 11.6. The van der Waals surface area contributed by atoms with Crippen molar-refractivity contribution in [1.82, 2.24) is 24.7 Å². The third-order valence-electron chi connectivity index (χ3n) is 6.33. The summed E-state index contributed by atoms with van der Waals surface area (Å²) >= 11 is 1.10. The number of carbonyl (C=O) groups excluding carboxylic acids is 1. The molecule has 0 spiro atoms. The number of likely N-dealkylation sites (N-methyl/N-ethyl adjacent to an activating group) is 1. The van der Waals surface area contributed by atoms with E-state index in [1.54, 1.807) is 45.0 Å². The van der Waals surface area contributed by atoms with Crippen molar-refractivity contribution < 1.29 is 17.9 Å². The van der Waals surface area contributed by atoms with Crippen molar-refractivity contribution in [3.05, 3.63) is 68.7 Å². The van der Waals surface area contributed by atoms with E-state index in [1.165, 1.54) is 11.4 Å². The van der Waals surface area contributed by atoms with Crippen LogP contribution in [-0.4, -0.2) is 80.4 Å². The van der Waals surface area contributed by atoms with Gasteiger partial charge in [-0.1, -0.05) is 35.6 Å². The number of carbonyl (C=O) groups is 1. The number of aliphatic imine (C=N–C) groups is 1. The Morgan fingerprint density at radius 3 is 2.39 bits per heavy atom. The average Bonchev–Trinajstić information content (AvgIpc) is 3.59. The van der Waals surface area contributed by atoms with Gasteiger partial charge in [0.2, 0.25) is 15.0 Å². The largest absolute Gasteiger partial charge is 0.497 e. The quantitative estimate of drug-likeness (QED) is 0.408. The van der Waals surface area contributed by atoms with E-state index >= 15 is 0 Å². The predicted octanol–water partition coefficient (Wildman–Crippen LogP) is 2.65. The van der Waals surface area contributed by atoms with E-state index in [1.807, 2.05) is 24.3 Å². The molecule has 202 valence electrons. The number of aryl methyl sites for hydroxylation is 2. The summed E-state index contributed by atoms with van der Waals surface area (Å²) in [6.07, 6.45) is 0.690. The van der Waals surface area contributed by atoms with Crippen LogP contribution in [0.25, 0.3) is 0 Å². The number of sulfonamides is 1. The molecule has 10 nitrogen and oxygen atoms in total. The van der Waals surface area contributed by atoms with Gasteiger partial charge in [0.25, 0.3) is 5.91 Å². The molecule has 1 aromatic heterocycles. The standard InChI is InChI=1S/C26H32N6O4S2/c1-17-14-21(36-5)15-18(2)23(17)38(34,35)32(4)16-22-29-30-25(37-22)26(33)31(3)13-10-19-6-8-20(9-7-19)24-27-11-12-28-24/h6-9,14-15H,10-13,16H2,1-5H3,(H,27,28). The van der Waals surface area contributed by atoms with Crippen LogP contribution in [0.3, 0.4) is 0 Å². The lowest BCUT2D eigenvalue weighted by Crippen LogP contribution is -2.28. The first-order chi connectivity index (χ1) is 18.1. The van der Waals surface area contributed by atoms with Gasteiger partial charge in [0.05, 0.1) is 25.1 Å². The molecule has 1 N–H and O–H groups in total. The van der Waals surface area contributed by atoms with Gasteiger partial charge in [-0.05, 0) is 49.1 Å². The molecule has 1 aliphatic rings. The van der Waals surface area contributed by atoms with Crippen molar-refractivity contribution in [1.29, 1.82) is 0 Å². The lowest BCUT2D eigenvalue weighted by Gasteiger charge is -2.19. The molecule has 0 aliphatic carbocycles. The van der Waals surface area contributed by atoms with Gasteiger partial charge in [0.1, 0.15) is 16.6 Å². The Morgan fingerprint density at radius 2 is 1.79 bits per heavy atom. The summed E-state index contributed by atoms with van der Waals surface area (Å²) in [5, 5.41) is 12.0. The van der Waals surface area contributed by atoms with E-state index in [2.05, 4.69) is 20.5 Å². The molecular weight excluding hydrogens is 524 g/mol. The van der Waals surface area contributed by atoms with Crippen LogP contribution < -0.4 is 10.1 Å². The molecule has 2 heterocycles. The van der Waals surface area contributed by atoms with Crippen LogP contribution in [0, 0.1) is 13.8 Å². The number of benzene rings is 2. The average molecular weight is 557 g/mol. The van der Waals surface area contributed by atoms with Gasteiger partial charge in [0.15, 0.2) is 0 Å². The Kier molecular flexibility index (Phi) is 8.44. The summed E-state index contributed by atoms with van der Waals surface area (Å²) in [7, 11) is 0.972. The van der Waals surface area contributed by atoms with Gasteiger partial charge in [-0.15, -0.1) is 10.2 Å². The van der Waals surface area contributed by atoms with Crippen LogP contribution in [0.4, 0.5) is 0 Å². The number of ether oxygens (including phenoxy) is 1. The minimum atomic E-state index is -3.79. The fraction of sp³-hybridized carbons (Fsp3) is 0.385. The van der Waals surface area contributed by atoms with Crippen molar-refractivity contribution in [3.63, 3.8) is 0 Å². The van der Waals surface area contributed by atoms with Gasteiger partial charge < -0.3 is 15.0 Å². The first kappa shape index (κ1) is 27.7. The molecule has 0 atom stereocenters. The summed E-state index contributed by atoms with van der Waals surface area (Å²) in [4.78, 5) is 19.2. The van der Waals surface area contributed by atoms with Crippen LogP contribution in [0.15, 0.2) is 46.3 Å². The number of nitrogens with zero attached hydrogens (tertiary/aromatic N) is 5. The highest BCUT2D eigenvalue weighted by molar-refractivity contribution is 7.89. The number of nitrogens with one attached hydrogen (secondary N) is 1. The first-order valence-electron chi connectivity index (χ1n) is 12.2. The number of rotatable bonds is 10. The van der Waals surface area contributed by atoms with E-state index in [9.17, 15) is 13.2 Å². The minimum Gasteiger partial charge on any atom is -0.497 e. The SMILES string of the molecule is COc1cc(C)c(S(=O)(=O)N(C)Cc2nnc(C(=O)N(C)CCc3ccc(C4=NCCN4)cc3)s2)c(C)c1. The Hall–Kier alpha value is -3.35. The summed E-state index contributed by atoms with van der Waals surface area (Å²) in [5.74, 6) is 1.28. The maximum atomic E-state index is 13.3. The van der Waals surface area contributed by atoms with Crippen LogP contribution in [0.5, 0.6) is 5.75 Å². The van der Waals surface area contributed by atoms with E-state index < -0.39 is 10.0 Å². The molecule has 1 amide bonds. The number of methoxy groups -OCH3 is 1. The second-order valence-corrected chi connectivity index (χ2v) is 12.2. The molecule has 0 saturated heterocycles. The number of aromatic nitrogens is 2. The molecule has 1 aliphatic heterocycles. The predicted molar refractivity (Wildman–Crippen MR) is 148 cm³/mol. The molecule has 0 radical (unpaired) electrons. The molecular formula is C26H32N6O4S2. The van der Waals surface area contributed by atoms with Crippen molar-refractivity contribution in [2.24, 2.45) is 4.99 Å². The van der Waals surface area contributed by atoms with Crippen molar-refractivity contribution in [3.8, 4) is 5.75 Å². The fourth-order valence-corrected chi connectivity index (χ4v) is 6.76. The summed E-state index contributed by atoms with van der Waals surface area (Å²) in [6, 6.07) is 11.5. The molecule has 2 aromatic carbocycles. The molecule has 38 heavy (non-hydrogen) atoms. The molecule has 0 fully saturated rings. The Morgan fingerprint density at radius 1 is 1.11 bits per heavy atom. The lowest BCUT2D eigenvalue weighted by atomic mass is 10.1. The molecule has 12 heteroatoms. The molecule has 0 unspecified atom stereocenters. The third kappa shape index (κ3) is 6.03. The number of amidine groups is 1. The summed E-state index contributed by atoms with van der Waals surface area (Å²) in [5.41, 5.74) is 3.37. The van der Waals surface area contributed by atoms with Crippen molar-refractivity contribution in [2.45, 2.75) is 31.7 Å². The Labute approximate surface area is 227 Å². The molecule has 3 aromatic rings. The fourth-order valence-electron chi connectivity index (χ4n) is 4.25. The molecule has 0 saturated carbocycles. The molecule has 0 bridgehead atoms. The Balaban J connectivity index is 1.36. The maximum Gasteiger partial charge on any atom is 0.284 e. The van der Waals surface area contributed by atoms with E-state index in [0.717, 1.165) is 41.4 Å². The third-order valence-corrected chi connectivity index (χ3v) is 9.34. The second-order valence-electron chi connectivity index (χ2n) is 9.18. The number of hydrogen-bond acceptors (Lipinski definition) is 9. The zero-order valence-electron chi connectivity index (χ0n) is 22.2. The van der Waals surface area contributed by atoms with E-state index in [-0.39, 0.29) is 22.4 Å². The van der Waals surface area contributed by atoms with Gasteiger partial charge in [0, 0.05) is 32.7 Å². The van der Waals surface area contributed by atoms with Gasteiger partial charge >= 0.3 is 0 Å². The first-order valence-corrected chi connectivity index (χ1v) is 14.4. The highest BCUT2D eigenvalue weighted by Gasteiger charge is 2.27. The topological polar surface area (TPSA) is 117 Å². The van der Waals surface area contributed by atoms with Crippen molar-refractivity contribution in [2.75, 3.05) is 40.8 Å². The zero-order chi connectivity index (χ0) is 27.4. The smallest absolute Gasteiger partial charge is 0.284 e. The van der Waals surface area contributed by atoms with Crippen LogP contribution in [0.1, 0.15) is 37.1 Å².